The molecule has 0 fully saturated rings. The lowest BCUT2D eigenvalue weighted by Crippen LogP contribution is -2.12. The molecule has 2 aromatic rings. The van der Waals surface area contributed by atoms with Gasteiger partial charge in [-0.25, -0.2) is 9.97 Å². The van der Waals surface area contributed by atoms with E-state index in [1.54, 1.807) is 6.20 Å². The third kappa shape index (κ3) is 3.60. The summed E-state index contributed by atoms with van der Waals surface area (Å²) in [6.07, 6.45) is 8.10. The van der Waals surface area contributed by atoms with Crippen molar-refractivity contribution in [1.82, 2.24) is 20.3 Å². The highest BCUT2D eigenvalue weighted by atomic mass is 14.9. The molecule has 2 rings (SSSR count). The zero-order valence-electron chi connectivity index (χ0n) is 9.93. The number of aromatic nitrogens is 3. The van der Waals surface area contributed by atoms with Crippen LogP contribution in [0.1, 0.15) is 23.9 Å². The number of hydrogen-bond donors (Lipinski definition) is 1. The van der Waals surface area contributed by atoms with Crippen molar-refractivity contribution >= 4 is 0 Å². The van der Waals surface area contributed by atoms with E-state index < -0.39 is 0 Å². The van der Waals surface area contributed by atoms with Crippen LogP contribution in [0.4, 0.5) is 0 Å². The Kier molecular flexibility index (Phi) is 4.16. The fourth-order valence-electron chi connectivity index (χ4n) is 1.52. The van der Waals surface area contributed by atoms with E-state index in [1.165, 1.54) is 0 Å². The van der Waals surface area contributed by atoms with Crippen LogP contribution in [-0.2, 0) is 13.0 Å². The van der Waals surface area contributed by atoms with Crippen LogP contribution in [0.15, 0.2) is 36.9 Å². The Morgan fingerprint density at radius 1 is 1.12 bits per heavy atom. The molecule has 0 atom stereocenters. The van der Waals surface area contributed by atoms with Crippen molar-refractivity contribution in [2.24, 2.45) is 0 Å². The number of pyridine rings is 1. The Morgan fingerprint density at radius 3 is 2.59 bits per heavy atom. The van der Waals surface area contributed by atoms with Gasteiger partial charge in [-0.3, -0.25) is 4.98 Å². The average Bonchev–Trinajstić information content (AvgIpc) is 2.39. The number of rotatable bonds is 5. The third-order valence-electron chi connectivity index (χ3n) is 2.42. The predicted molar refractivity (Wildman–Crippen MR) is 66.5 cm³/mol. The molecule has 0 bridgehead atoms. The lowest BCUT2D eigenvalue weighted by atomic mass is 10.2. The summed E-state index contributed by atoms with van der Waals surface area (Å²) in [6, 6.07) is 3.96. The standard InChI is InChI=1S/C13H16N4/c1-2-14-8-12-9-16-13(17-10-12)6-11-4-3-5-15-7-11/h3-5,7,9-10,14H,2,6,8H2,1H3. The summed E-state index contributed by atoms with van der Waals surface area (Å²) >= 11 is 0. The second-order valence-electron chi connectivity index (χ2n) is 3.83. The van der Waals surface area contributed by atoms with Gasteiger partial charge in [0.15, 0.2) is 0 Å². The molecule has 4 nitrogen and oxygen atoms in total. The number of nitrogens with zero attached hydrogens (tertiary/aromatic N) is 3. The highest BCUT2D eigenvalue weighted by Crippen LogP contribution is 2.03. The first-order valence-electron chi connectivity index (χ1n) is 5.78. The van der Waals surface area contributed by atoms with E-state index in [0.717, 1.165) is 36.5 Å². The quantitative estimate of drug-likeness (QED) is 0.844. The van der Waals surface area contributed by atoms with E-state index in [9.17, 15) is 0 Å². The number of nitrogens with one attached hydrogen (secondary N) is 1. The molecule has 17 heavy (non-hydrogen) atoms. The molecular weight excluding hydrogens is 212 g/mol. The Morgan fingerprint density at radius 2 is 1.94 bits per heavy atom. The first-order valence-corrected chi connectivity index (χ1v) is 5.78. The second-order valence-corrected chi connectivity index (χ2v) is 3.83. The molecule has 2 aromatic heterocycles. The molecule has 0 radical (unpaired) electrons. The van der Waals surface area contributed by atoms with Gasteiger partial charge in [-0.1, -0.05) is 13.0 Å². The molecule has 0 saturated carbocycles. The van der Waals surface area contributed by atoms with Gasteiger partial charge in [0.2, 0.25) is 0 Å². The Bertz CT molecular complexity index is 439. The van der Waals surface area contributed by atoms with Crippen molar-refractivity contribution in [3.63, 3.8) is 0 Å². The summed E-state index contributed by atoms with van der Waals surface area (Å²) in [7, 11) is 0. The Balaban J connectivity index is 1.98. The molecular formula is C13H16N4. The van der Waals surface area contributed by atoms with Gasteiger partial charge < -0.3 is 5.32 Å². The second kappa shape index (κ2) is 6.06. The topological polar surface area (TPSA) is 50.7 Å². The smallest absolute Gasteiger partial charge is 0.132 e. The molecule has 0 aliphatic rings. The van der Waals surface area contributed by atoms with Crippen molar-refractivity contribution in [1.29, 1.82) is 0 Å². The monoisotopic (exact) mass is 228 g/mol. The Hall–Kier alpha value is -1.81. The Labute approximate surface area is 101 Å². The van der Waals surface area contributed by atoms with Gasteiger partial charge >= 0.3 is 0 Å². The summed E-state index contributed by atoms with van der Waals surface area (Å²) in [4.78, 5) is 12.8. The van der Waals surface area contributed by atoms with E-state index in [4.69, 9.17) is 0 Å². The predicted octanol–water partition coefficient (Wildman–Crippen LogP) is 1.57. The normalized spacial score (nSPS) is 10.4. The van der Waals surface area contributed by atoms with Crippen molar-refractivity contribution in [3.8, 4) is 0 Å². The van der Waals surface area contributed by atoms with Crippen molar-refractivity contribution < 1.29 is 0 Å². The zero-order chi connectivity index (χ0) is 11.9. The zero-order valence-corrected chi connectivity index (χ0v) is 9.93. The minimum absolute atomic E-state index is 0.731. The average molecular weight is 228 g/mol. The van der Waals surface area contributed by atoms with E-state index in [0.29, 0.717) is 0 Å². The highest BCUT2D eigenvalue weighted by Gasteiger charge is 1.99. The van der Waals surface area contributed by atoms with Crippen molar-refractivity contribution in [3.05, 3.63) is 53.9 Å². The maximum absolute atomic E-state index is 4.35. The van der Waals surface area contributed by atoms with E-state index in [1.807, 2.05) is 30.7 Å². The van der Waals surface area contributed by atoms with Gasteiger partial charge in [0.25, 0.3) is 0 Å². The maximum atomic E-state index is 4.35. The summed E-state index contributed by atoms with van der Waals surface area (Å²) in [6.45, 7) is 3.86. The van der Waals surface area contributed by atoms with Crippen LogP contribution < -0.4 is 5.32 Å². The minimum atomic E-state index is 0.731. The lowest BCUT2D eigenvalue weighted by Gasteiger charge is -2.03. The van der Waals surface area contributed by atoms with Gasteiger partial charge in [-0.05, 0) is 18.2 Å². The first kappa shape index (κ1) is 11.7. The largest absolute Gasteiger partial charge is 0.313 e. The molecule has 0 amide bonds. The van der Waals surface area contributed by atoms with Crippen molar-refractivity contribution in [2.75, 3.05) is 6.54 Å². The SMILES string of the molecule is CCNCc1cnc(Cc2cccnc2)nc1. The number of hydrogen-bond acceptors (Lipinski definition) is 4. The molecule has 0 aliphatic heterocycles. The van der Waals surface area contributed by atoms with Crippen LogP contribution in [0.5, 0.6) is 0 Å². The van der Waals surface area contributed by atoms with Crippen molar-refractivity contribution in [2.45, 2.75) is 19.9 Å². The summed E-state index contributed by atoms with van der Waals surface area (Å²) < 4.78 is 0. The van der Waals surface area contributed by atoms with Crippen LogP contribution in [0.2, 0.25) is 0 Å². The summed E-state index contributed by atoms with van der Waals surface area (Å²) in [5, 5.41) is 3.24. The molecule has 0 aromatic carbocycles. The van der Waals surface area contributed by atoms with Crippen LogP contribution in [0.25, 0.3) is 0 Å². The molecule has 0 unspecified atom stereocenters. The summed E-state index contributed by atoms with van der Waals surface area (Å²) in [5.74, 6) is 0.832. The van der Waals surface area contributed by atoms with Crippen LogP contribution >= 0.6 is 0 Å². The molecule has 1 N–H and O–H groups in total. The van der Waals surface area contributed by atoms with Gasteiger partial charge in [-0.2, -0.15) is 0 Å². The fourth-order valence-corrected chi connectivity index (χ4v) is 1.52. The molecule has 0 aliphatic carbocycles. The van der Waals surface area contributed by atoms with Gasteiger partial charge in [0, 0.05) is 43.3 Å². The molecule has 2 heterocycles. The van der Waals surface area contributed by atoms with Gasteiger partial charge in [0.1, 0.15) is 5.82 Å². The lowest BCUT2D eigenvalue weighted by molar-refractivity contribution is 0.718. The molecule has 0 saturated heterocycles. The molecule has 4 heteroatoms. The third-order valence-corrected chi connectivity index (χ3v) is 2.42. The fraction of sp³-hybridized carbons (Fsp3) is 0.308. The van der Waals surface area contributed by atoms with Gasteiger partial charge in [0.05, 0.1) is 0 Å². The van der Waals surface area contributed by atoms with Crippen LogP contribution in [0, 0.1) is 0 Å². The van der Waals surface area contributed by atoms with E-state index in [2.05, 4.69) is 27.2 Å². The minimum Gasteiger partial charge on any atom is -0.313 e. The van der Waals surface area contributed by atoms with Crippen LogP contribution in [0.3, 0.4) is 0 Å². The summed E-state index contributed by atoms with van der Waals surface area (Å²) in [5.41, 5.74) is 2.24. The maximum Gasteiger partial charge on any atom is 0.132 e. The van der Waals surface area contributed by atoms with Gasteiger partial charge in [-0.15, -0.1) is 0 Å². The van der Waals surface area contributed by atoms with E-state index >= 15 is 0 Å². The highest BCUT2D eigenvalue weighted by molar-refractivity contribution is 5.15. The first-order chi connectivity index (χ1) is 8.38. The van der Waals surface area contributed by atoms with Crippen LogP contribution in [-0.4, -0.2) is 21.5 Å². The van der Waals surface area contributed by atoms with E-state index in [-0.39, 0.29) is 0 Å². The molecule has 88 valence electrons. The molecule has 0 spiro atoms.